The van der Waals surface area contributed by atoms with Crippen molar-refractivity contribution in [3.63, 3.8) is 0 Å². The van der Waals surface area contributed by atoms with Crippen LogP contribution < -0.4 is 0 Å². The summed E-state index contributed by atoms with van der Waals surface area (Å²) in [5.74, 6) is -6.22. The topological polar surface area (TPSA) is 128 Å². The van der Waals surface area contributed by atoms with Gasteiger partial charge < -0.3 is 42.6 Å². The van der Waals surface area contributed by atoms with E-state index < -0.39 is 44.1 Å². The van der Waals surface area contributed by atoms with E-state index in [0.29, 0.717) is 77.6 Å². The SMILES string of the molecule is CCCCCCC(OCCCC)C(OCCCC)(OCCCC)OP(=O)(OC(OCCCC)(OCCCC)C(CCCCCC)OCCCC)OC(OCCCC)(OCCCC)C(CCCCCC)OCCCC. The summed E-state index contributed by atoms with van der Waals surface area (Å²) in [6, 6.07) is 0. The average Bonchev–Trinajstić information content (AvgIpc) is 3.38. The second-order valence-corrected chi connectivity index (χ2v) is 21.9. The Balaban J connectivity index is 9.29. The Morgan fingerprint density at radius 3 is 0.635 bits per heavy atom. The summed E-state index contributed by atoms with van der Waals surface area (Å²) in [4.78, 5) is 0. The van der Waals surface area contributed by atoms with E-state index in [0.717, 1.165) is 154 Å². The molecule has 0 rings (SSSR count). The van der Waals surface area contributed by atoms with Gasteiger partial charge in [0.15, 0.2) is 0 Å². The third kappa shape index (κ3) is 32.7. The van der Waals surface area contributed by atoms with E-state index in [2.05, 4.69) is 83.1 Å². The minimum Gasteiger partial charge on any atom is -0.370 e. The van der Waals surface area contributed by atoms with Crippen molar-refractivity contribution in [1.82, 2.24) is 0 Å². The molecular weight excluding hydrogens is 960 g/mol. The van der Waals surface area contributed by atoms with Crippen LogP contribution in [0.4, 0.5) is 0 Å². The second kappa shape index (κ2) is 49.8. The maximum atomic E-state index is 17.6. The lowest BCUT2D eigenvalue weighted by Gasteiger charge is -2.46. The molecule has 14 heteroatoms. The molecule has 0 amide bonds. The van der Waals surface area contributed by atoms with Crippen LogP contribution in [0.1, 0.15) is 295 Å². The molecule has 0 spiro atoms. The predicted molar refractivity (Wildman–Crippen MR) is 304 cm³/mol. The highest BCUT2D eigenvalue weighted by Crippen LogP contribution is 2.62. The number of unbranched alkanes of at least 4 members (excludes halogenated alkanes) is 18. The van der Waals surface area contributed by atoms with Gasteiger partial charge in [-0.3, -0.25) is 0 Å². The van der Waals surface area contributed by atoms with Gasteiger partial charge in [0, 0.05) is 19.8 Å². The molecule has 13 nitrogen and oxygen atoms in total. The molecule has 74 heavy (non-hydrogen) atoms. The van der Waals surface area contributed by atoms with Crippen molar-refractivity contribution in [2.24, 2.45) is 0 Å². The zero-order valence-electron chi connectivity index (χ0n) is 50.7. The lowest BCUT2D eigenvalue weighted by molar-refractivity contribution is -0.432. The van der Waals surface area contributed by atoms with Crippen LogP contribution in [-0.4, -0.2) is 95.7 Å². The lowest BCUT2D eigenvalue weighted by atomic mass is 10.1. The molecule has 0 heterocycles. The van der Waals surface area contributed by atoms with Crippen molar-refractivity contribution >= 4 is 7.82 Å². The molecule has 0 aromatic rings. The summed E-state index contributed by atoms with van der Waals surface area (Å²) in [5, 5.41) is 0. The van der Waals surface area contributed by atoms with Gasteiger partial charge in [-0.15, -0.1) is 0 Å². The van der Waals surface area contributed by atoms with Crippen molar-refractivity contribution in [2.45, 2.75) is 331 Å². The first-order valence-corrected chi connectivity index (χ1v) is 32.9. The maximum Gasteiger partial charge on any atom is 0.488 e. The Hall–Kier alpha value is -0.250. The summed E-state index contributed by atoms with van der Waals surface area (Å²) >= 11 is 0. The standard InChI is InChI=1S/C60H123O13P/c1-13-25-37-40-43-55(62-46-28-16-4)58(65-49-31-19-7,66-50-32-20-8)71-74(61,72-59(67-51-33-21-9,68-52-34-22-10)56(63-47-29-17-5)44-41-38-26-14-2)73-60(69-53-35-23-11,70-54-36-24-12)57(64-48-30-18-6)45-42-39-27-15-3/h55-57H,13-54H2,1-12H3. The van der Waals surface area contributed by atoms with Crippen LogP contribution in [0.3, 0.4) is 0 Å². The van der Waals surface area contributed by atoms with Gasteiger partial charge in [-0.25, -0.2) is 18.1 Å². The van der Waals surface area contributed by atoms with Crippen LogP contribution in [-0.2, 0) is 60.8 Å². The normalized spacial score (nSPS) is 14.7. The maximum absolute atomic E-state index is 17.6. The summed E-state index contributed by atoms with van der Waals surface area (Å²) < 4.78 is 102. The van der Waals surface area contributed by atoms with E-state index in [9.17, 15) is 0 Å². The Morgan fingerprint density at radius 1 is 0.257 bits per heavy atom. The summed E-state index contributed by atoms with van der Waals surface area (Å²) in [6.45, 7) is 28.4. The first kappa shape index (κ1) is 73.8. The van der Waals surface area contributed by atoms with Gasteiger partial charge in [-0.05, 0) is 77.0 Å². The van der Waals surface area contributed by atoms with Crippen LogP contribution in [0.25, 0.3) is 0 Å². The van der Waals surface area contributed by atoms with Crippen LogP contribution >= 0.6 is 7.82 Å². The van der Waals surface area contributed by atoms with Gasteiger partial charge in [0.05, 0.1) is 39.6 Å². The summed E-state index contributed by atoms with van der Waals surface area (Å²) in [6.07, 6.45) is 25.1. The van der Waals surface area contributed by atoms with E-state index in [1.165, 1.54) is 0 Å². The van der Waals surface area contributed by atoms with E-state index in [-0.39, 0.29) is 39.6 Å². The molecule has 0 N–H and O–H groups in total. The van der Waals surface area contributed by atoms with Crippen molar-refractivity contribution in [1.29, 1.82) is 0 Å². The molecule has 0 saturated carbocycles. The fourth-order valence-electron chi connectivity index (χ4n) is 8.16. The van der Waals surface area contributed by atoms with Gasteiger partial charge in [0.25, 0.3) is 0 Å². The fourth-order valence-corrected chi connectivity index (χ4v) is 9.87. The molecule has 0 aliphatic heterocycles. The van der Waals surface area contributed by atoms with Crippen molar-refractivity contribution in [3.8, 4) is 0 Å². The van der Waals surface area contributed by atoms with Crippen LogP contribution in [0.5, 0.6) is 0 Å². The molecule has 446 valence electrons. The highest BCUT2D eigenvalue weighted by Gasteiger charge is 2.61. The van der Waals surface area contributed by atoms with E-state index in [1.54, 1.807) is 0 Å². The molecule has 0 bridgehead atoms. The lowest BCUT2D eigenvalue weighted by Crippen LogP contribution is -2.56. The Bertz CT molecular complexity index is 1060. The number of rotatable bonds is 60. The zero-order chi connectivity index (χ0) is 54.9. The minimum absolute atomic E-state index is 0.238. The van der Waals surface area contributed by atoms with Gasteiger partial charge in [-0.1, -0.05) is 218 Å². The molecule has 0 fully saturated rings. The Kier molecular flexibility index (Phi) is 49.6. The average molecular weight is 1080 g/mol. The van der Waals surface area contributed by atoms with E-state index in [1.807, 2.05) is 0 Å². The molecule has 0 aromatic carbocycles. The summed E-state index contributed by atoms with van der Waals surface area (Å²) in [5.41, 5.74) is 0. The van der Waals surface area contributed by atoms with Crippen molar-refractivity contribution in [2.75, 3.05) is 59.5 Å². The van der Waals surface area contributed by atoms with Crippen LogP contribution in [0.15, 0.2) is 0 Å². The largest absolute Gasteiger partial charge is 0.488 e. The minimum atomic E-state index is -5.28. The van der Waals surface area contributed by atoms with Crippen molar-refractivity contribution in [3.05, 3.63) is 0 Å². The zero-order valence-corrected chi connectivity index (χ0v) is 51.6. The van der Waals surface area contributed by atoms with Gasteiger partial charge >= 0.3 is 25.7 Å². The number of phosphoric ester groups is 1. The van der Waals surface area contributed by atoms with Crippen LogP contribution in [0, 0.1) is 0 Å². The predicted octanol–water partition coefficient (Wildman–Crippen LogP) is 18.5. The molecule has 3 unspecified atom stereocenters. The van der Waals surface area contributed by atoms with Gasteiger partial charge in [0.1, 0.15) is 18.3 Å². The van der Waals surface area contributed by atoms with Gasteiger partial charge in [-0.2, -0.15) is 0 Å². The highest BCUT2D eigenvalue weighted by atomic mass is 31.2. The third-order valence-electron chi connectivity index (χ3n) is 13.1. The summed E-state index contributed by atoms with van der Waals surface area (Å²) in [7, 11) is -5.28. The quantitative estimate of drug-likeness (QED) is 0.0326. The van der Waals surface area contributed by atoms with Crippen molar-refractivity contribution < 1.29 is 60.8 Å². The van der Waals surface area contributed by atoms with Crippen LogP contribution in [0.2, 0.25) is 0 Å². The van der Waals surface area contributed by atoms with E-state index in [4.69, 9.17) is 56.2 Å². The monoisotopic (exact) mass is 1080 g/mol. The fraction of sp³-hybridized carbons (Fsp3) is 1.00. The molecule has 0 saturated heterocycles. The smallest absolute Gasteiger partial charge is 0.370 e. The van der Waals surface area contributed by atoms with E-state index >= 15 is 4.57 Å². The number of phosphoric acid groups is 1. The molecule has 3 atom stereocenters. The Labute approximate surface area is 457 Å². The second-order valence-electron chi connectivity index (χ2n) is 20.4. The highest BCUT2D eigenvalue weighted by molar-refractivity contribution is 7.48. The molecule has 0 radical (unpaired) electrons. The number of ether oxygens (including phenoxy) is 9. The Morgan fingerprint density at radius 2 is 0.446 bits per heavy atom. The molecule has 0 aromatic heterocycles. The van der Waals surface area contributed by atoms with Gasteiger partial charge in [0.2, 0.25) is 0 Å². The molecule has 0 aliphatic carbocycles. The third-order valence-corrected chi connectivity index (χ3v) is 14.6. The first-order chi connectivity index (χ1) is 36.0. The molecule has 0 aliphatic rings. The molecular formula is C60H123O13P. The first-order valence-electron chi connectivity index (χ1n) is 31.4. The number of hydrogen-bond acceptors (Lipinski definition) is 13. The number of hydrogen-bond donors (Lipinski definition) is 0.